The van der Waals surface area contributed by atoms with E-state index in [0.29, 0.717) is 5.16 Å². The molecule has 1 amide bonds. The first kappa shape index (κ1) is 13.5. The minimum absolute atomic E-state index is 0.175. The van der Waals surface area contributed by atoms with E-state index in [1.165, 1.54) is 23.9 Å². The number of hydrogen-bond donors (Lipinski definition) is 1. The molecule has 1 aromatic carbocycles. The first-order valence-corrected chi connectivity index (χ1v) is 6.54. The van der Waals surface area contributed by atoms with Crippen molar-refractivity contribution in [2.24, 2.45) is 0 Å². The molecule has 0 aliphatic heterocycles. The molecule has 0 saturated carbocycles. The number of anilines is 1. The van der Waals surface area contributed by atoms with Gasteiger partial charge in [-0.2, -0.15) is 0 Å². The molecular formula is C13H12FN3OS. The number of nitrogens with zero attached hydrogens (tertiary/aromatic N) is 2. The molecule has 6 heteroatoms. The van der Waals surface area contributed by atoms with Crippen LogP contribution in [0.3, 0.4) is 0 Å². The highest BCUT2D eigenvalue weighted by Crippen LogP contribution is 2.20. The number of thioether (sulfide) groups is 1. The van der Waals surface area contributed by atoms with Gasteiger partial charge in [-0.1, -0.05) is 23.9 Å². The third-order valence-electron chi connectivity index (χ3n) is 2.33. The Morgan fingerprint density at radius 3 is 2.63 bits per heavy atom. The number of nitrogens with one attached hydrogen (secondary N) is 1. The number of halogens is 1. The second-order valence-electron chi connectivity index (χ2n) is 3.76. The lowest BCUT2D eigenvalue weighted by molar-refractivity contribution is -0.115. The van der Waals surface area contributed by atoms with Crippen LogP contribution in [0, 0.1) is 5.82 Å². The van der Waals surface area contributed by atoms with Crippen LogP contribution >= 0.6 is 11.8 Å². The molecule has 0 aliphatic rings. The van der Waals surface area contributed by atoms with Crippen molar-refractivity contribution in [3.05, 3.63) is 48.5 Å². The Hall–Kier alpha value is -1.95. The van der Waals surface area contributed by atoms with Gasteiger partial charge in [0.1, 0.15) is 5.82 Å². The molecule has 0 radical (unpaired) electrons. The van der Waals surface area contributed by atoms with E-state index in [0.717, 1.165) is 0 Å². The molecule has 0 aliphatic carbocycles. The van der Waals surface area contributed by atoms with Gasteiger partial charge in [0.2, 0.25) is 5.91 Å². The highest BCUT2D eigenvalue weighted by molar-refractivity contribution is 8.00. The molecule has 19 heavy (non-hydrogen) atoms. The fraction of sp³-hybridized carbons (Fsp3) is 0.154. The van der Waals surface area contributed by atoms with Crippen molar-refractivity contribution in [2.45, 2.75) is 17.3 Å². The summed E-state index contributed by atoms with van der Waals surface area (Å²) < 4.78 is 13.4. The number of carbonyl (C=O) groups excluding carboxylic acids is 1. The van der Waals surface area contributed by atoms with Crippen molar-refractivity contribution >= 4 is 23.4 Å². The summed E-state index contributed by atoms with van der Waals surface area (Å²) in [7, 11) is 0. The topological polar surface area (TPSA) is 54.9 Å². The van der Waals surface area contributed by atoms with Gasteiger partial charge in [0.25, 0.3) is 0 Å². The summed E-state index contributed by atoms with van der Waals surface area (Å²) in [6.45, 7) is 1.72. The Labute approximate surface area is 114 Å². The van der Waals surface area contributed by atoms with E-state index in [9.17, 15) is 9.18 Å². The van der Waals surface area contributed by atoms with Crippen LogP contribution in [0.5, 0.6) is 0 Å². The van der Waals surface area contributed by atoms with Gasteiger partial charge >= 0.3 is 0 Å². The molecule has 98 valence electrons. The monoisotopic (exact) mass is 277 g/mol. The largest absolute Gasteiger partial charge is 0.323 e. The van der Waals surface area contributed by atoms with Gasteiger partial charge in [-0.15, -0.1) is 0 Å². The van der Waals surface area contributed by atoms with Crippen LogP contribution in [0.15, 0.2) is 47.9 Å². The standard InChI is InChI=1S/C13H12FN3OS/c1-9(19-13-15-7-4-8-16-13)12(18)17-11-6-3-2-5-10(11)14/h2-9H,1H3,(H,17,18). The third-order valence-corrected chi connectivity index (χ3v) is 3.31. The van der Waals surface area contributed by atoms with E-state index in [1.54, 1.807) is 37.5 Å². The molecule has 4 nitrogen and oxygen atoms in total. The summed E-state index contributed by atoms with van der Waals surface area (Å²) in [5.41, 5.74) is 0.175. The molecule has 0 spiro atoms. The van der Waals surface area contributed by atoms with Gasteiger partial charge in [0.15, 0.2) is 5.16 Å². The summed E-state index contributed by atoms with van der Waals surface area (Å²) in [5, 5.41) is 2.64. The molecular weight excluding hydrogens is 265 g/mol. The first-order chi connectivity index (χ1) is 9.16. The van der Waals surface area contributed by atoms with Crippen molar-refractivity contribution in [3.63, 3.8) is 0 Å². The lowest BCUT2D eigenvalue weighted by Gasteiger charge is -2.11. The number of aromatic nitrogens is 2. The Balaban J connectivity index is 1.99. The number of benzene rings is 1. The molecule has 1 atom stereocenters. The molecule has 1 aromatic heterocycles. The van der Waals surface area contributed by atoms with Crippen molar-refractivity contribution in [2.75, 3.05) is 5.32 Å². The molecule has 0 fully saturated rings. The van der Waals surface area contributed by atoms with E-state index >= 15 is 0 Å². The average Bonchev–Trinajstić information content (AvgIpc) is 2.42. The zero-order valence-corrected chi connectivity index (χ0v) is 11.0. The zero-order chi connectivity index (χ0) is 13.7. The van der Waals surface area contributed by atoms with Crippen LogP contribution in [-0.2, 0) is 4.79 Å². The summed E-state index contributed by atoms with van der Waals surface area (Å²) in [4.78, 5) is 20.0. The van der Waals surface area contributed by atoms with Gasteiger partial charge in [0, 0.05) is 12.4 Å². The second-order valence-corrected chi connectivity index (χ2v) is 5.07. The molecule has 2 aromatic rings. The number of carbonyl (C=O) groups is 1. The third kappa shape index (κ3) is 3.75. The van der Waals surface area contributed by atoms with Crippen LogP contribution in [0.25, 0.3) is 0 Å². The molecule has 0 saturated heterocycles. The van der Waals surface area contributed by atoms with Crippen molar-refractivity contribution in [1.29, 1.82) is 0 Å². The van der Waals surface area contributed by atoms with Crippen LogP contribution < -0.4 is 5.32 Å². The molecule has 2 rings (SSSR count). The van der Waals surface area contributed by atoms with Crippen LogP contribution in [-0.4, -0.2) is 21.1 Å². The minimum atomic E-state index is -0.455. The van der Waals surface area contributed by atoms with Crippen molar-refractivity contribution < 1.29 is 9.18 Å². The number of hydrogen-bond acceptors (Lipinski definition) is 4. The molecule has 0 bridgehead atoms. The van der Waals surface area contributed by atoms with Gasteiger partial charge in [-0.25, -0.2) is 14.4 Å². The average molecular weight is 277 g/mol. The Morgan fingerprint density at radius 1 is 1.26 bits per heavy atom. The summed E-state index contributed by atoms with van der Waals surface area (Å²) in [6, 6.07) is 7.75. The SMILES string of the molecule is CC(Sc1ncccn1)C(=O)Nc1ccccc1F. The van der Waals surface area contributed by atoms with Gasteiger partial charge in [-0.3, -0.25) is 4.79 Å². The maximum atomic E-state index is 13.4. The number of para-hydroxylation sites is 1. The zero-order valence-electron chi connectivity index (χ0n) is 10.2. The van der Waals surface area contributed by atoms with E-state index in [2.05, 4.69) is 15.3 Å². The van der Waals surface area contributed by atoms with E-state index in [4.69, 9.17) is 0 Å². The predicted octanol–water partition coefficient (Wildman–Crippen LogP) is 2.74. The lowest BCUT2D eigenvalue weighted by Crippen LogP contribution is -2.23. The second kappa shape index (κ2) is 6.29. The Bertz CT molecular complexity index is 565. The van der Waals surface area contributed by atoms with E-state index in [-0.39, 0.29) is 11.6 Å². The lowest BCUT2D eigenvalue weighted by atomic mass is 10.3. The minimum Gasteiger partial charge on any atom is -0.323 e. The smallest absolute Gasteiger partial charge is 0.237 e. The predicted molar refractivity (Wildman–Crippen MR) is 72.4 cm³/mol. The highest BCUT2D eigenvalue weighted by atomic mass is 32.2. The summed E-state index contributed by atoms with van der Waals surface area (Å²) >= 11 is 1.22. The van der Waals surface area contributed by atoms with E-state index < -0.39 is 11.1 Å². The maximum Gasteiger partial charge on any atom is 0.237 e. The van der Waals surface area contributed by atoms with Gasteiger partial charge < -0.3 is 5.32 Å². The Kier molecular flexibility index (Phi) is 4.46. The van der Waals surface area contributed by atoms with Crippen molar-refractivity contribution in [3.8, 4) is 0 Å². The number of amides is 1. The number of rotatable bonds is 4. The fourth-order valence-electron chi connectivity index (χ4n) is 1.35. The normalized spacial score (nSPS) is 11.9. The van der Waals surface area contributed by atoms with Crippen LogP contribution in [0.2, 0.25) is 0 Å². The van der Waals surface area contributed by atoms with E-state index in [1.807, 2.05) is 0 Å². The maximum absolute atomic E-state index is 13.4. The quantitative estimate of drug-likeness (QED) is 0.689. The highest BCUT2D eigenvalue weighted by Gasteiger charge is 2.16. The first-order valence-electron chi connectivity index (χ1n) is 5.66. The fourth-order valence-corrected chi connectivity index (χ4v) is 2.08. The van der Waals surface area contributed by atoms with Crippen LogP contribution in [0.1, 0.15) is 6.92 Å². The molecule has 1 unspecified atom stereocenters. The molecule has 1 heterocycles. The van der Waals surface area contributed by atoms with Crippen molar-refractivity contribution in [1.82, 2.24) is 9.97 Å². The molecule has 1 N–H and O–H groups in total. The summed E-state index contributed by atoms with van der Waals surface area (Å²) in [5.74, 6) is -0.744. The van der Waals surface area contributed by atoms with Gasteiger partial charge in [0.05, 0.1) is 10.9 Å². The Morgan fingerprint density at radius 2 is 1.95 bits per heavy atom. The summed E-state index contributed by atoms with van der Waals surface area (Å²) in [6.07, 6.45) is 3.22. The van der Waals surface area contributed by atoms with Gasteiger partial charge in [-0.05, 0) is 25.1 Å². The van der Waals surface area contributed by atoms with Crippen LogP contribution in [0.4, 0.5) is 10.1 Å².